The highest BCUT2D eigenvalue weighted by Gasteiger charge is 2.21. The van der Waals surface area contributed by atoms with Crippen LogP contribution < -0.4 is 0 Å². The SMILES string of the molecule is Cc1ccc(C(=O)[C@H](C)OC(=O)c2cccn2C)cc1C. The van der Waals surface area contributed by atoms with E-state index >= 15 is 0 Å². The summed E-state index contributed by atoms with van der Waals surface area (Å²) in [7, 11) is 1.76. The molecule has 4 nitrogen and oxygen atoms in total. The summed E-state index contributed by atoms with van der Waals surface area (Å²) in [5.41, 5.74) is 3.15. The topological polar surface area (TPSA) is 48.3 Å². The van der Waals surface area contributed by atoms with Gasteiger partial charge in [-0.15, -0.1) is 0 Å². The van der Waals surface area contributed by atoms with Gasteiger partial charge in [0.25, 0.3) is 0 Å². The molecular weight excluding hydrogens is 266 g/mol. The maximum absolute atomic E-state index is 12.3. The average molecular weight is 285 g/mol. The molecule has 0 N–H and O–H groups in total. The Bertz CT molecular complexity index is 685. The number of hydrogen-bond donors (Lipinski definition) is 0. The molecule has 0 aliphatic carbocycles. The molecule has 4 heteroatoms. The molecule has 0 spiro atoms. The maximum atomic E-state index is 12.3. The van der Waals surface area contributed by atoms with E-state index in [4.69, 9.17) is 4.74 Å². The summed E-state index contributed by atoms with van der Waals surface area (Å²) in [5.74, 6) is -0.687. The molecule has 0 saturated heterocycles. The van der Waals surface area contributed by atoms with Gasteiger partial charge in [-0.05, 0) is 50.1 Å². The van der Waals surface area contributed by atoms with Crippen LogP contribution in [0.1, 0.15) is 38.9 Å². The van der Waals surface area contributed by atoms with Crippen LogP contribution in [0.25, 0.3) is 0 Å². The summed E-state index contributed by atoms with van der Waals surface area (Å²) in [6, 6.07) is 8.90. The number of nitrogens with zero attached hydrogens (tertiary/aromatic N) is 1. The van der Waals surface area contributed by atoms with E-state index in [1.54, 1.807) is 42.9 Å². The van der Waals surface area contributed by atoms with Crippen molar-refractivity contribution in [3.05, 3.63) is 58.9 Å². The number of ether oxygens (including phenoxy) is 1. The Balaban J connectivity index is 2.11. The fraction of sp³-hybridized carbons (Fsp3) is 0.294. The zero-order valence-electron chi connectivity index (χ0n) is 12.7. The maximum Gasteiger partial charge on any atom is 0.355 e. The van der Waals surface area contributed by atoms with Gasteiger partial charge >= 0.3 is 5.97 Å². The zero-order valence-corrected chi connectivity index (χ0v) is 12.7. The summed E-state index contributed by atoms with van der Waals surface area (Å²) in [4.78, 5) is 24.3. The monoisotopic (exact) mass is 285 g/mol. The van der Waals surface area contributed by atoms with Crippen LogP contribution in [-0.2, 0) is 11.8 Å². The standard InChI is InChI=1S/C17H19NO3/c1-11-7-8-14(10-12(11)2)16(19)13(3)21-17(20)15-6-5-9-18(15)4/h5-10,13H,1-4H3/t13-/m0/s1. The summed E-state index contributed by atoms with van der Waals surface area (Å²) >= 11 is 0. The Morgan fingerprint density at radius 2 is 1.86 bits per heavy atom. The minimum atomic E-state index is -0.811. The largest absolute Gasteiger partial charge is 0.450 e. The number of Topliss-reactive ketones (excluding diaryl/α,β-unsaturated/α-hetero) is 1. The second kappa shape index (κ2) is 5.95. The second-order valence-electron chi connectivity index (χ2n) is 5.22. The third-order valence-corrected chi connectivity index (χ3v) is 3.60. The molecule has 1 atom stereocenters. The Morgan fingerprint density at radius 3 is 2.43 bits per heavy atom. The van der Waals surface area contributed by atoms with E-state index < -0.39 is 12.1 Å². The van der Waals surface area contributed by atoms with E-state index in [1.807, 2.05) is 26.0 Å². The van der Waals surface area contributed by atoms with Gasteiger partial charge in [-0.3, -0.25) is 4.79 Å². The summed E-state index contributed by atoms with van der Waals surface area (Å²) in [6.07, 6.45) is 0.946. The van der Waals surface area contributed by atoms with Crippen molar-refractivity contribution >= 4 is 11.8 Å². The molecule has 0 saturated carbocycles. The number of aromatic nitrogens is 1. The first kappa shape index (κ1) is 15.0. The number of ketones is 1. The van der Waals surface area contributed by atoms with Gasteiger partial charge in [0, 0.05) is 18.8 Å². The van der Waals surface area contributed by atoms with Crippen molar-refractivity contribution < 1.29 is 14.3 Å². The van der Waals surface area contributed by atoms with Gasteiger partial charge in [0.05, 0.1) is 0 Å². The number of carbonyl (C=O) groups is 2. The highest BCUT2D eigenvalue weighted by atomic mass is 16.5. The van der Waals surface area contributed by atoms with Gasteiger partial charge in [-0.1, -0.05) is 12.1 Å². The molecule has 2 rings (SSSR count). The molecule has 0 bridgehead atoms. The van der Waals surface area contributed by atoms with Crippen LogP contribution in [0.2, 0.25) is 0 Å². The van der Waals surface area contributed by atoms with Gasteiger partial charge in [-0.25, -0.2) is 4.79 Å². The minimum absolute atomic E-state index is 0.194. The molecule has 0 fully saturated rings. The molecule has 110 valence electrons. The first-order chi connectivity index (χ1) is 9.90. The molecule has 2 aromatic rings. The van der Waals surface area contributed by atoms with Gasteiger partial charge in [-0.2, -0.15) is 0 Å². The third kappa shape index (κ3) is 3.21. The summed E-state index contributed by atoms with van der Waals surface area (Å²) < 4.78 is 6.91. The first-order valence-electron chi connectivity index (χ1n) is 6.84. The van der Waals surface area contributed by atoms with Crippen molar-refractivity contribution in [1.29, 1.82) is 0 Å². The normalized spacial score (nSPS) is 12.0. The number of rotatable bonds is 4. The van der Waals surface area contributed by atoms with E-state index in [0.717, 1.165) is 11.1 Å². The van der Waals surface area contributed by atoms with Crippen molar-refractivity contribution in [2.75, 3.05) is 0 Å². The lowest BCUT2D eigenvalue weighted by Crippen LogP contribution is -2.25. The highest BCUT2D eigenvalue weighted by Crippen LogP contribution is 2.14. The molecular formula is C17H19NO3. The predicted molar refractivity (Wildman–Crippen MR) is 80.5 cm³/mol. The van der Waals surface area contributed by atoms with Crippen LogP contribution in [-0.4, -0.2) is 22.4 Å². The predicted octanol–water partition coefficient (Wildman–Crippen LogP) is 3.07. The number of aryl methyl sites for hydroxylation is 3. The highest BCUT2D eigenvalue weighted by molar-refractivity contribution is 6.01. The van der Waals surface area contributed by atoms with Crippen LogP contribution in [0.3, 0.4) is 0 Å². The van der Waals surface area contributed by atoms with Gasteiger partial charge < -0.3 is 9.30 Å². The Hall–Kier alpha value is -2.36. The third-order valence-electron chi connectivity index (χ3n) is 3.60. The number of carbonyl (C=O) groups excluding carboxylic acids is 2. The van der Waals surface area contributed by atoms with Gasteiger partial charge in [0.1, 0.15) is 5.69 Å². The van der Waals surface area contributed by atoms with Crippen molar-refractivity contribution in [2.45, 2.75) is 26.9 Å². The molecule has 0 aliphatic heterocycles. The van der Waals surface area contributed by atoms with E-state index in [9.17, 15) is 9.59 Å². The Labute approximate surface area is 124 Å². The van der Waals surface area contributed by atoms with E-state index in [-0.39, 0.29) is 5.78 Å². The van der Waals surface area contributed by atoms with Crippen molar-refractivity contribution in [2.24, 2.45) is 7.05 Å². The van der Waals surface area contributed by atoms with E-state index in [1.165, 1.54) is 0 Å². The first-order valence-corrected chi connectivity index (χ1v) is 6.84. The zero-order chi connectivity index (χ0) is 15.6. The van der Waals surface area contributed by atoms with Gasteiger partial charge in [0.2, 0.25) is 5.78 Å². The van der Waals surface area contributed by atoms with Crippen LogP contribution in [0, 0.1) is 13.8 Å². The minimum Gasteiger partial charge on any atom is -0.450 e. The fourth-order valence-corrected chi connectivity index (χ4v) is 2.08. The molecule has 0 unspecified atom stereocenters. The van der Waals surface area contributed by atoms with Crippen molar-refractivity contribution in [3.8, 4) is 0 Å². The van der Waals surface area contributed by atoms with Gasteiger partial charge in [0.15, 0.2) is 6.10 Å². The quantitative estimate of drug-likeness (QED) is 0.640. The molecule has 0 aliphatic rings. The Kier molecular flexibility index (Phi) is 4.26. The lowest BCUT2D eigenvalue weighted by atomic mass is 10.0. The molecule has 1 aromatic heterocycles. The smallest absolute Gasteiger partial charge is 0.355 e. The van der Waals surface area contributed by atoms with Crippen molar-refractivity contribution in [3.63, 3.8) is 0 Å². The number of benzene rings is 1. The second-order valence-corrected chi connectivity index (χ2v) is 5.22. The summed E-state index contributed by atoms with van der Waals surface area (Å²) in [6.45, 7) is 5.54. The van der Waals surface area contributed by atoms with E-state index in [0.29, 0.717) is 11.3 Å². The molecule has 0 radical (unpaired) electrons. The lowest BCUT2D eigenvalue weighted by molar-refractivity contribution is 0.0309. The van der Waals surface area contributed by atoms with Crippen molar-refractivity contribution in [1.82, 2.24) is 4.57 Å². The van der Waals surface area contributed by atoms with Crippen LogP contribution in [0.5, 0.6) is 0 Å². The summed E-state index contributed by atoms with van der Waals surface area (Å²) in [5, 5.41) is 0. The molecule has 1 aromatic carbocycles. The molecule has 21 heavy (non-hydrogen) atoms. The number of hydrogen-bond acceptors (Lipinski definition) is 3. The van der Waals surface area contributed by atoms with Crippen LogP contribution in [0.15, 0.2) is 36.5 Å². The van der Waals surface area contributed by atoms with E-state index in [2.05, 4.69) is 0 Å². The van der Waals surface area contributed by atoms with Crippen LogP contribution >= 0.6 is 0 Å². The fourth-order valence-electron chi connectivity index (χ4n) is 2.08. The van der Waals surface area contributed by atoms with Crippen LogP contribution in [0.4, 0.5) is 0 Å². The lowest BCUT2D eigenvalue weighted by Gasteiger charge is -2.13. The Morgan fingerprint density at radius 1 is 1.14 bits per heavy atom. The number of esters is 1. The molecule has 1 heterocycles. The average Bonchev–Trinajstić information content (AvgIpc) is 2.87. The molecule has 0 amide bonds.